The van der Waals surface area contributed by atoms with Gasteiger partial charge in [0.05, 0.1) is 17.4 Å². The molecule has 0 bridgehead atoms. The van der Waals surface area contributed by atoms with E-state index >= 15 is 0 Å². The van der Waals surface area contributed by atoms with E-state index in [0.717, 1.165) is 37.9 Å². The van der Waals surface area contributed by atoms with E-state index in [-0.39, 0.29) is 29.3 Å². The lowest BCUT2D eigenvalue weighted by Gasteiger charge is -2.34. The van der Waals surface area contributed by atoms with Gasteiger partial charge < -0.3 is 15.0 Å². The first kappa shape index (κ1) is 22.1. The molecule has 7 nitrogen and oxygen atoms in total. The molecule has 2 fully saturated rings. The van der Waals surface area contributed by atoms with Gasteiger partial charge >= 0.3 is 0 Å². The number of piperidine rings is 2. The van der Waals surface area contributed by atoms with Crippen LogP contribution in [0.5, 0.6) is 5.75 Å². The molecular weight excluding hydrogens is 390 g/mol. The summed E-state index contributed by atoms with van der Waals surface area (Å²) >= 11 is 0. The van der Waals surface area contributed by atoms with Crippen LogP contribution in [0.1, 0.15) is 38.2 Å². The lowest BCUT2D eigenvalue weighted by molar-refractivity contribution is -0.127. The zero-order valence-electron chi connectivity index (χ0n) is 17.7. The van der Waals surface area contributed by atoms with Gasteiger partial charge in [-0.05, 0) is 83.4 Å². The minimum absolute atomic E-state index is 0.0117. The van der Waals surface area contributed by atoms with E-state index in [1.807, 2.05) is 13.8 Å². The topological polar surface area (TPSA) is 79.0 Å². The van der Waals surface area contributed by atoms with Crippen molar-refractivity contribution in [2.75, 3.05) is 39.8 Å². The van der Waals surface area contributed by atoms with Crippen LogP contribution in [0.4, 0.5) is 0 Å². The number of sulfonamides is 1. The maximum absolute atomic E-state index is 13.2. The van der Waals surface area contributed by atoms with Crippen LogP contribution in [-0.4, -0.2) is 69.4 Å². The monoisotopic (exact) mass is 423 g/mol. The normalized spacial score (nSPS) is 22.4. The van der Waals surface area contributed by atoms with Gasteiger partial charge in [-0.2, -0.15) is 4.31 Å². The van der Waals surface area contributed by atoms with E-state index in [1.165, 1.54) is 4.31 Å². The summed E-state index contributed by atoms with van der Waals surface area (Å²) in [5.74, 6) is 0.393. The van der Waals surface area contributed by atoms with Crippen molar-refractivity contribution in [3.63, 3.8) is 0 Å². The van der Waals surface area contributed by atoms with E-state index in [0.29, 0.717) is 25.3 Å². The quantitative estimate of drug-likeness (QED) is 0.757. The molecule has 0 radical (unpaired) electrons. The average Bonchev–Trinajstić information content (AvgIpc) is 2.71. The number of benzene rings is 1. The molecule has 2 saturated heterocycles. The summed E-state index contributed by atoms with van der Waals surface area (Å²) in [5, 5.41) is 3.15. The smallest absolute Gasteiger partial charge is 0.243 e. The van der Waals surface area contributed by atoms with Crippen molar-refractivity contribution in [3.8, 4) is 5.75 Å². The maximum Gasteiger partial charge on any atom is 0.243 e. The maximum atomic E-state index is 13.2. The van der Waals surface area contributed by atoms with Crippen LogP contribution >= 0.6 is 0 Å². The SMILES string of the molecule is CCOc1ccc(S(=O)(=O)N2CCC[C@H](C(=O)NC3CCN(C)CC3)C2)cc1C. The van der Waals surface area contributed by atoms with E-state index in [1.54, 1.807) is 18.2 Å². The minimum Gasteiger partial charge on any atom is -0.494 e. The van der Waals surface area contributed by atoms with Crippen molar-refractivity contribution < 1.29 is 17.9 Å². The number of ether oxygens (including phenoxy) is 1. The summed E-state index contributed by atoms with van der Waals surface area (Å²) in [7, 11) is -1.54. The second-order valence-corrected chi connectivity index (χ2v) is 10.1. The van der Waals surface area contributed by atoms with Gasteiger partial charge in [0.25, 0.3) is 0 Å². The van der Waals surface area contributed by atoms with Gasteiger partial charge in [0.2, 0.25) is 15.9 Å². The highest BCUT2D eigenvalue weighted by atomic mass is 32.2. The fraction of sp³-hybridized carbons (Fsp3) is 0.667. The van der Waals surface area contributed by atoms with E-state index in [2.05, 4.69) is 17.3 Å². The Bertz CT molecular complexity index is 819. The molecule has 1 aromatic rings. The molecule has 0 aromatic heterocycles. The molecule has 1 atom stereocenters. The molecular formula is C21H33N3O4S. The number of nitrogens with one attached hydrogen (secondary N) is 1. The number of rotatable bonds is 6. The average molecular weight is 424 g/mol. The van der Waals surface area contributed by atoms with Gasteiger partial charge in [-0.1, -0.05) is 0 Å². The first-order chi connectivity index (χ1) is 13.8. The fourth-order valence-electron chi connectivity index (χ4n) is 4.10. The number of aryl methyl sites for hydroxylation is 1. The molecule has 2 heterocycles. The van der Waals surface area contributed by atoms with Crippen LogP contribution in [0, 0.1) is 12.8 Å². The Morgan fingerprint density at radius 3 is 2.59 bits per heavy atom. The number of hydrogen-bond donors (Lipinski definition) is 1. The predicted octanol–water partition coefficient (Wildman–Crippen LogP) is 2.00. The molecule has 0 unspecified atom stereocenters. The summed E-state index contributed by atoms with van der Waals surface area (Å²) in [5.41, 5.74) is 0.793. The zero-order chi connectivity index (χ0) is 21.0. The van der Waals surface area contributed by atoms with Gasteiger partial charge in [0, 0.05) is 19.1 Å². The van der Waals surface area contributed by atoms with Crippen molar-refractivity contribution in [1.82, 2.24) is 14.5 Å². The molecule has 1 N–H and O–H groups in total. The van der Waals surface area contributed by atoms with Crippen LogP contribution in [-0.2, 0) is 14.8 Å². The van der Waals surface area contributed by atoms with Gasteiger partial charge in [0.1, 0.15) is 5.75 Å². The van der Waals surface area contributed by atoms with Gasteiger partial charge in [-0.3, -0.25) is 4.79 Å². The predicted molar refractivity (Wildman–Crippen MR) is 112 cm³/mol. The van der Waals surface area contributed by atoms with E-state index in [9.17, 15) is 13.2 Å². The summed E-state index contributed by atoms with van der Waals surface area (Å²) < 4.78 is 33.3. The Balaban J connectivity index is 1.66. The highest BCUT2D eigenvalue weighted by Crippen LogP contribution is 2.27. The minimum atomic E-state index is -3.63. The summed E-state index contributed by atoms with van der Waals surface area (Å²) in [6.45, 7) is 6.93. The Labute approximate surface area is 174 Å². The molecule has 29 heavy (non-hydrogen) atoms. The Kier molecular flexibility index (Phi) is 7.19. The number of amides is 1. The van der Waals surface area contributed by atoms with Crippen LogP contribution in [0.2, 0.25) is 0 Å². The summed E-state index contributed by atoms with van der Waals surface area (Å²) in [6, 6.07) is 5.15. The second-order valence-electron chi connectivity index (χ2n) is 8.15. The lowest BCUT2D eigenvalue weighted by Crippen LogP contribution is -2.49. The third-order valence-electron chi connectivity index (χ3n) is 5.90. The molecule has 1 amide bonds. The third kappa shape index (κ3) is 5.29. The lowest BCUT2D eigenvalue weighted by atomic mass is 9.97. The standard InChI is InChI=1S/C21H33N3O4S/c1-4-28-20-8-7-19(14-16(20)2)29(26,27)24-11-5-6-17(15-24)21(25)22-18-9-12-23(3)13-10-18/h7-8,14,17-18H,4-6,9-13,15H2,1-3H3,(H,22,25)/t17-/m0/s1. The second kappa shape index (κ2) is 9.45. The van der Waals surface area contributed by atoms with Gasteiger partial charge in [-0.15, -0.1) is 0 Å². The number of hydrogen-bond acceptors (Lipinski definition) is 5. The number of likely N-dealkylation sites (tertiary alicyclic amines) is 1. The largest absolute Gasteiger partial charge is 0.494 e. The molecule has 3 rings (SSSR count). The number of nitrogens with zero attached hydrogens (tertiary/aromatic N) is 2. The van der Waals surface area contributed by atoms with Crippen LogP contribution in [0.3, 0.4) is 0 Å². The molecule has 0 spiro atoms. The summed E-state index contributed by atoms with van der Waals surface area (Å²) in [4.78, 5) is 15.3. The molecule has 2 aliphatic rings. The third-order valence-corrected chi connectivity index (χ3v) is 7.77. The first-order valence-corrected chi connectivity index (χ1v) is 12.0. The highest BCUT2D eigenvalue weighted by Gasteiger charge is 2.34. The van der Waals surface area contributed by atoms with Crippen LogP contribution in [0.25, 0.3) is 0 Å². The molecule has 2 aliphatic heterocycles. The van der Waals surface area contributed by atoms with Crippen molar-refractivity contribution in [2.24, 2.45) is 5.92 Å². The number of carbonyl (C=O) groups is 1. The number of carbonyl (C=O) groups excluding carboxylic acids is 1. The van der Waals surface area contributed by atoms with Crippen molar-refractivity contribution in [3.05, 3.63) is 23.8 Å². The van der Waals surface area contributed by atoms with Crippen LogP contribution in [0.15, 0.2) is 23.1 Å². The van der Waals surface area contributed by atoms with Crippen molar-refractivity contribution in [2.45, 2.75) is 50.5 Å². The van der Waals surface area contributed by atoms with Crippen molar-refractivity contribution >= 4 is 15.9 Å². The Morgan fingerprint density at radius 2 is 1.93 bits per heavy atom. The van der Waals surface area contributed by atoms with E-state index in [4.69, 9.17) is 4.74 Å². The van der Waals surface area contributed by atoms with E-state index < -0.39 is 10.0 Å². The van der Waals surface area contributed by atoms with Gasteiger partial charge in [-0.25, -0.2) is 8.42 Å². The molecule has 0 saturated carbocycles. The Morgan fingerprint density at radius 1 is 1.21 bits per heavy atom. The first-order valence-electron chi connectivity index (χ1n) is 10.5. The summed E-state index contributed by atoms with van der Waals surface area (Å²) in [6.07, 6.45) is 3.32. The fourth-order valence-corrected chi connectivity index (χ4v) is 5.71. The molecule has 162 valence electrons. The highest BCUT2D eigenvalue weighted by molar-refractivity contribution is 7.89. The Hall–Kier alpha value is -1.64. The zero-order valence-corrected chi connectivity index (χ0v) is 18.5. The molecule has 8 heteroatoms. The van der Waals surface area contributed by atoms with Crippen molar-refractivity contribution in [1.29, 1.82) is 0 Å². The van der Waals surface area contributed by atoms with Crippen LogP contribution < -0.4 is 10.1 Å². The molecule has 1 aromatic carbocycles. The molecule has 0 aliphatic carbocycles. The van der Waals surface area contributed by atoms with Gasteiger partial charge in [0.15, 0.2) is 0 Å².